The lowest BCUT2D eigenvalue weighted by Gasteiger charge is -2.48. The van der Waals surface area contributed by atoms with Crippen molar-refractivity contribution in [2.75, 3.05) is 30.3 Å². The van der Waals surface area contributed by atoms with Gasteiger partial charge in [0.05, 0.1) is 10.9 Å². The van der Waals surface area contributed by atoms with Crippen LogP contribution < -0.4 is 4.90 Å². The van der Waals surface area contributed by atoms with Crippen LogP contribution in [0, 0.1) is 5.92 Å². The molecule has 0 bridgehead atoms. The van der Waals surface area contributed by atoms with Gasteiger partial charge in [-0.1, -0.05) is 0 Å². The Hall–Kier alpha value is -1.34. The summed E-state index contributed by atoms with van der Waals surface area (Å²) in [7, 11) is 0. The van der Waals surface area contributed by atoms with E-state index in [-0.39, 0.29) is 0 Å². The average Bonchev–Trinajstić information content (AvgIpc) is 3.05. The maximum atomic E-state index is 6.07. The van der Waals surface area contributed by atoms with Gasteiger partial charge in [-0.2, -0.15) is 4.52 Å². The normalized spacial score (nSPS) is 26.7. The van der Waals surface area contributed by atoms with E-state index >= 15 is 0 Å². The van der Waals surface area contributed by atoms with Gasteiger partial charge in [0.25, 0.3) is 0 Å². The highest BCUT2D eigenvalue weighted by molar-refractivity contribution is 8.01. The van der Waals surface area contributed by atoms with Gasteiger partial charge in [0.1, 0.15) is 12.1 Å². The molecule has 0 N–H and O–H groups in total. The fourth-order valence-corrected chi connectivity index (χ4v) is 4.94. The van der Waals surface area contributed by atoms with Crippen LogP contribution in [0.3, 0.4) is 0 Å². The summed E-state index contributed by atoms with van der Waals surface area (Å²) >= 11 is 2.09. The van der Waals surface area contributed by atoms with Crippen LogP contribution in [0.4, 0.5) is 5.82 Å². The Morgan fingerprint density at radius 2 is 2.23 bits per heavy atom. The average molecular weight is 317 g/mol. The van der Waals surface area contributed by atoms with Crippen molar-refractivity contribution >= 4 is 23.2 Å². The van der Waals surface area contributed by atoms with Crippen LogP contribution in [0.2, 0.25) is 0 Å². The number of thioether (sulfide) groups is 1. The van der Waals surface area contributed by atoms with Crippen LogP contribution in [0.1, 0.15) is 19.3 Å². The second kappa shape index (κ2) is 4.83. The largest absolute Gasteiger partial charge is 0.377 e. The van der Waals surface area contributed by atoms with Crippen molar-refractivity contribution < 1.29 is 4.74 Å². The summed E-state index contributed by atoms with van der Waals surface area (Å²) in [5, 5.41) is 12.4. The first-order valence-electron chi connectivity index (χ1n) is 7.97. The molecule has 0 unspecified atom stereocenters. The number of fused-ring (bicyclic) bond motifs is 1. The van der Waals surface area contributed by atoms with Crippen LogP contribution in [0.5, 0.6) is 0 Å². The maximum Gasteiger partial charge on any atom is 0.177 e. The molecule has 2 aromatic rings. The zero-order chi connectivity index (χ0) is 14.6. The van der Waals surface area contributed by atoms with Gasteiger partial charge in [0, 0.05) is 25.4 Å². The van der Waals surface area contributed by atoms with E-state index in [4.69, 9.17) is 4.74 Å². The van der Waals surface area contributed by atoms with Gasteiger partial charge in [-0.25, -0.2) is 0 Å². The lowest BCUT2D eigenvalue weighted by atomic mass is 9.93. The Balaban J connectivity index is 1.22. The summed E-state index contributed by atoms with van der Waals surface area (Å²) in [5.41, 5.74) is 0.794. The van der Waals surface area contributed by atoms with Gasteiger partial charge in [0.15, 0.2) is 5.65 Å². The Morgan fingerprint density at radius 3 is 3.09 bits per heavy atom. The number of anilines is 1. The molecule has 0 radical (unpaired) electrons. The lowest BCUT2D eigenvalue weighted by molar-refractivity contribution is 0.0529. The van der Waals surface area contributed by atoms with Crippen molar-refractivity contribution in [2.45, 2.75) is 30.1 Å². The maximum absolute atomic E-state index is 6.07. The first-order valence-corrected chi connectivity index (χ1v) is 8.96. The second-order valence-electron chi connectivity index (χ2n) is 6.78. The highest BCUT2D eigenvalue weighted by Crippen LogP contribution is 2.47. The molecule has 1 aliphatic carbocycles. The smallest absolute Gasteiger partial charge is 0.177 e. The van der Waals surface area contributed by atoms with Gasteiger partial charge < -0.3 is 9.64 Å². The molecule has 2 saturated heterocycles. The van der Waals surface area contributed by atoms with E-state index in [0.717, 1.165) is 42.8 Å². The summed E-state index contributed by atoms with van der Waals surface area (Å²) in [6.07, 6.45) is 6.04. The molecule has 2 aliphatic heterocycles. The minimum absolute atomic E-state index is 0.387. The third kappa shape index (κ3) is 2.27. The van der Waals surface area contributed by atoms with E-state index in [2.05, 4.69) is 32.0 Å². The Morgan fingerprint density at radius 1 is 1.32 bits per heavy atom. The van der Waals surface area contributed by atoms with E-state index in [1.807, 2.05) is 12.1 Å². The SMILES string of the molecule is c1cc2nncn2nc1N1CC2(C[C@@H](OCC3CC3)CS2)C1. The lowest BCUT2D eigenvalue weighted by Crippen LogP contribution is -2.59. The van der Waals surface area contributed by atoms with Gasteiger partial charge in [-0.05, 0) is 37.3 Å². The quantitative estimate of drug-likeness (QED) is 0.854. The molecule has 1 saturated carbocycles. The molecule has 7 heteroatoms. The number of nitrogens with zero attached hydrogens (tertiary/aromatic N) is 5. The van der Waals surface area contributed by atoms with Crippen molar-refractivity contribution in [1.82, 2.24) is 19.8 Å². The van der Waals surface area contributed by atoms with Gasteiger partial charge in [-0.15, -0.1) is 27.1 Å². The summed E-state index contributed by atoms with van der Waals surface area (Å²) in [6, 6.07) is 4.02. The minimum atomic E-state index is 0.387. The number of hydrogen-bond donors (Lipinski definition) is 0. The molecule has 6 nitrogen and oxygen atoms in total. The van der Waals surface area contributed by atoms with Crippen molar-refractivity contribution in [3.8, 4) is 0 Å². The second-order valence-corrected chi connectivity index (χ2v) is 8.27. The summed E-state index contributed by atoms with van der Waals surface area (Å²) in [6.45, 7) is 3.13. The number of aromatic nitrogens is 4. The topological polar surface area (TPSA) is 55.5 Å². The summed E-state index contributed by atoms with van der Waals surface area (Å²) < 4.78 is 8.20. The van der Waals surface area contributed by atoms with Crippen LogP contribution >= 0.6 is 11.8 Å². The molecule has 0 aromatic carbocycles. The van der Waals surface area contributed by atoms with E-state index < -0.39 is 0 Å². The predicted molar refractivity (Wildman–Crippen MR) is 85.3 cm³/mol. The molecule has 0 amide bonds. The van der Waals surface area contributed by atoms with Gasteiger partial charge >= 0.3 is 0 Å². The summed E-state index contributed by atoms with van der Waals surface area (Å²) in [4.78, 5) is 2.34. The van der Waals surface area contributed by atoms with Crippen molar-refractivity contribution in [2.24, 2.45) is 5.92 Å². The Kier molecular flexibility index (Phi) is 2.88. The molecule has 3 fully saturated rings. The molecule has 1 spiro atoms. The van der Waals surface area contributed by atoms with Gasteiger partial charge in [-0.3, -0.25) is 0 Å². The standard InChI is InChI=1S/C15H19N5OS/c1-2-11(1)6-21-12-5-15(22-7-12)8-19(9-15)14-4-3-13-17-16-10-20(13)18-14/h3-4,10-12H,1-2,5-9H2/t12-/m1/s1. The fourth-order valence-electron chi connectivity index (χ4n) is 3.39. The molecule has 4 heterocycles. The first kappa shape index (κ1) is 13.1. The molecular weight excluding hydrogens is 298 g/mol. The number of ether oxygens (including phenoxy) is 1. The summed E-state index contributed by atoms with van der Waals surface area (Å²) in [5.74, 6) is 3.03. The minimum Gasteiger partial charge on any atom is -0.377 e. The molecule has 22 heavy (non-hydrogen) atoms. The predicted octanol–water partition coefficient (Wildman–Crippen LogP) is 1.62. The molecule has 1 atom stereocenters. The third-order valence-electron chi connectivity index (χ3n) is 4.87. The molecule has 5 rings (SSSR count). The van der Waals surface area contributed by atoms with Gasteiger partial charge in [0.2, 0.25) is 0 Å². The van der Waals surface area contributed by atoms with Crippen molar-refractivity contribution in [3.05, 3.63) is 18.5 Å². The van der Waals surface area contributed by atoms with E-state index in [1.54, 1.807) is 10.8 Å². The molecule has 3 aliphatic rings. The highest BCUT2D eigenvalue weighted by atomic mass is 32.2. The Bertz CT molecular complexity index is 694. The molecular formula is C15H19N5OS. The molecule has 2 aromatic heterocycles. The van der Waals surface area contributed by atoms with Crippen molar-refractivity contribution in [3.63, 3.8) is 0 Å². The monoisotopic (exact) mass is 317 g/mol. The number of rotatable bonds is 4. The van der Waals surface area contributed by atoms with Crippen LogP contribution in [-0.4, -0.2) is 56.1 Å². The van der Waals surface area contributed by atoms with E-state index in [9.17, 15) is 0 Å². The third-order valence-corrected chi connectivity index (χ3v) is 6.44. The highest BCUT2D eigenvalue weighted by Gasteiger charge is 2.50. The van der Waals surface area contributed by atoms with Crippen molar-refractivity contribution in [1.29, 1.82) is 0 Å². The van der Waals surface area contributed by atoms with Crippen LogP contribution in [0.25, 0.3) is 5.65 Å². The zero-order valence-electron chi connectivity index (χ0n) is 12.4. The van der Waals surface area contributed by atoms with Crippen LogP contribution in [0.15, 0.2) is 18.5 Å². The Labute approximate surface area is 133 Å². The first-order chi connectivity index (χ1) is 10.8. The zero-order valence-corrected chi connectivity index (χ0v) is 13.2. The van der Waals surface area contributed by atoms with E-state index in [1.165, 1.54) is 19.3 Å². The van der Waals surface area contributed by atoms with Crippen LogP contribution in [-0.2, 0) is 4.74 Å². The number of hydrogen-bond acceptors (Lipinski definition) is 6. The fraction of sp³-hybridized carbons (Fsp3) is 0.667. The molecule has 116 valence electrons. The van der Waals surface area contributed by atoms with E-state index in [0.29, 0.717) is 10.9 Å².